The van der Waals surface area contributed by atoms with Crippen molar-refractivity contribution in [1.82, 2.24) is 14.4 Å². The summed E-state index contributed by atoms with van der Waals surface area (Å²) in [6.07, 6.45) is 0. The van der Waals surface area contributed by atoms with Crippen molar-refractivity contribution in [1.29, 1.82) is 0 Å². The molecule has 0 aliphatic heterocycles. The molecule has 0 fully saturated rings. The minimum absolute atomic E-state index is 0.141. The number of aromatic nitrogens is 3. The van der Waals surface area contributed by atoms with E-state index in [9.17, 15) is 8.42 Å². The Labute approximate surface area is 128 Å². The Balaban J connectivity index is 2.21. The molecule has 0 spiro atoms. The van der Waals surface area contributed by atoms with Crippen LogP contribution >= 0.6 is 27.5 Å². The zero-order valence-electron chi connectivity index (χ0n) is 9.86. The van der Waals surface area contributed by atoms with Crippen LogP contribution in [0.15, 0.2) is 51.8 Å². The summed E-state index contributed by atoms with van der Waals surface area (Å²) in [4.78, 5) is 0.141. The van der Waals surface area contributed by atoms with Gasteiger partial charge in [0.25, 0.3) is 10.0 Å². The van der Waals surface area contributed by atoms with E-state index in [0.717, 1.165) is 8.56 Å². The average Bonchev–Trinajstić information content (AvgIpc) is 2.82. The maximum Gasteiger partial charge on any atom is 0.284 e. The number of benzene rings is 2. The van der Waals surface area contributed by atoms with Crippen molar-refractivity contribution in [3.8, 4) is 0 Å². The predicted molar refractivity (Wildman–Crippen MR) is 79.3 cm³/mol. The first-order chi connectivity index (χ1) is 9.48. The van der Waals surface area contributed by atoms with Gasteiger partial charge in [-0.05, 0) is 42.5 Å². The summed E-state index contributed by atoms with van der Waals surface area (Å²) in [6.45, 7) is 0. The van der Waals surface area contributed by atoms with E-state index in [1.54, 1.807) is 30.3 Å². The van der Waals surface area contributed by atoms with E-state index in [1.165, 1.54) is 12.1 Å². The van der Waals surface area contributed by atoms with E-state index in [2.05, 4.69) is 26.2 Å². The molecule has 0 bridgehead atoms. The molecule has 8 heteroatoms. The molecule has 0 aliphatic rings. The maximum absolute atomic E-state index is 12.5. The lowest BCUT2D eigenvalue weighted by Crippen LogP contribution is -2.14. The molecule has 0 N–H and O–H groups in total. The number of nitrogens with zero attached hydrogens (tertiary/aromatic N) is 3. The number of fused-ring (bicyclic) bond motifs is 1. The molecular weight excluding hydrogens is 366 g/mol. The summed E-state index contributed by atoms with van der Waals surface area (Å²) < 4.78 is 26.7. The van der Waals surface area contributed by atoms with Gasteiger partial charge >= 0.3 is 0 Å². The zero-order chi connectivity index (χ0) is 14.3. The van der Waals surface area contributed by atoms with Crippen LogP contribution in [0.25, 0.3) is 11.0 Å². The number of hydrogen-bond donors (Lipinski definition) is 0. The molecule has 3 rings (SSSR count). The molecule has 0 saturated carbocycles. The summed E-state index contributed by atoms with van der Waals surface area (Å²) in [6, 6.07) is 11.1. The molecule has 2 aromatic carbocycles. The maximum atomic E-state index is 12.5. The normalized spacial score (nSPS) is 11.9. The number of halogens is 2. The molecule has 5 nitrogen and oxygen atoms in total. The van der Waals surface area contributed by atoms with Gasteiger partial charge in [0, 0.05) is 9.50 Å². The largest absolute Gasteiger partial charge is 0.284 e. The Morgan fingerprint density at radius 1 is 1.10 bits per heavy atom. The second-order valence-corrected chi connectivity index (χ2v) is 7.14. The van der Waals surface area contributed by atoms with Gasteiger partial charge in [0.1, 0.15) is 11.0 Å². The molecule has 0 saturated heterocycles. The van der Waals surface area contributed by atoms with E-state index in [4.69, 9.17) is 11.6 Å². The van der Waals surface area contributed by atoms with Gasteiger partial charge in [0.2, 0.25) is 0 Å². The van der Waals surface area contributed by atoms with Gasteiger partial charge in [-0.3, -0.25) is 0 Å². The summed E-state index contributed by atoms with van der Waals surface area (Å²) in [5, 5.41) is 8.02. The van der Waals surface area contributed by atoms with Crippen molar-refractivity contribution in [2.24, 2.45) is 0 Å². The monoisotopic (exact) mass is 371 g/mol. The van der Waals surface area contributed by atoms with Crippen LogP contribution in [0.3, 0.4) is 0 Å². The van der Waals surface area contributed by atoms with Crippen LogP contribution in [0.5, 0.6) is 0 Å². The van der Waals surface area contributed by atoms with Gasteiger partial charge in [-0.25, -0.2) is 0 Å². The first kappa shape index (κ1) is 13.5. The van der Waals surface area contributed by atoms with E-state index in [0.29, 0.717) is 16.1 Å². The Hall–Kier alpha value is -1.44. The quantitative estimate of drug-likeness (QED) is 0.693. The highest BCUT2D eigenvalue weighted by Gasteiger charge is 2.21. The van der Waals surface area contributed by atoms with Crippen molar-refractivity contribution in [3.05, 3.63) is 52.0 Å². The molecule has 1 aromatic heterocycles. The molecule has 0 aliphatic carbocycles. The fourth-order valence-corrected chi connectivity index (χ4v) is 3.42. The SMILES string of the molecule is O=S(=O)(c1ccc(Br)cc1)n1nnc2cc(Cl)ccc21. The Morgan fingerprint density at radius 3 is 2.50 bits per heavy atom. The van der Waals surface area contributed by atoms with Crippen LogP contribution in [0.4, 0.5) is 0 Å². The number of hydrogen-bond acceptors (Lipinski definition) is 4. The Morgan fingerprint density at radius 2 is 1.80 bits per heavy atom. The first-order valence-electron chi connectivity index (χ1n) is 5.50. The third-order valence-electron chi connectivity index (χ3n) is 2.72. The topological polar surface area (TPSA) is 64.8 Å². The van der Waals surface area contributed by atoms with Crippen LogP contribution in [0, 0.1) is 0 Å². The van der Waals surface area contributed by atoms with Gasteiger partial charge in [-0.15, -0.1) is 9.19 Å². The molecule has 102 valence electrons. The van der Waals surface area contributed by atoms with Gasteiger partial charge in [0.05, 0.1) is 4.90 Å². The van der Waals surface area contributed by atoms with Gasteiger partial charge < -0.3 is 0 Å². The van der Waals surface area contributed by atoms with Crippen molar-refractivity contribution < 1.29 is 8.42 Å². The Bertz CT molecular complexity index is 891. The second-order valence-electron chi connectivity index (χ2n) is 4.02. The van der Waals surface area contributed by atoms with Gasteiger partial charge in [-0.2, -0.15) is 8.42 Å². The van der Waals surface area contributed by atoms with Crippen LogP contribution in [0.1, 0.15) is 0 Å². The van der Waals surface area contributed by atoms with E-state index >= 15 is 0 Å². The van der Waals surface area contributed by atoms with E-state index in [-0.39, 0.29) is 4.90 Å². The summed E-state index contributed by atoms with van der Waals surface area (Å²) >= 11 is 9.11. The van der Waals surface area contributed by atoms with Crippen LogP contribution < -0.4 is 0 Å². The minimum Gasteiger partial charge on any atom is -0.199 e. The number of rotatable bonds is 2. The summed E-state index contributed by atoms with van der Waals surface area (Å²) in [5.41, 5.74) is 0.815. The molecule has 3 aromatic rings. The third-order valence-corrected chi connectivity index (χ3v) is 5.07. The summed E-state index contributed by atoms with van der Waals surface area (Å²) in [7, 11) is -3.77. The first-order valence-corrected chi connectivity index (χ1v) is 8.12. The second kappa shape index (κ2) is 4.83. The lowest BCUT2D eigenvalue weighted by atomic mass is 10.3. The van der Waals surface area contributed by atoms with Gasteiger partial charge in [-0.1, -0.05) is 32.7 Å². The predicted octanol–water partition coefficient (Wildman–Crippen LogP) is 3.08. The van der Waals surface area contributed by atoms with Crippen molar-refractivity contribution in [2.75, 3.05) is 0 Å². The van der Waals surface area contributed by atoms with E-state index < -0.39 is 10.0 Å². The minimum atomic E-state index is -3.77. The lowest BCUT2D eigenvalue weighted by Gasteiger charge is -2.04. The van der Waals surface area contributed by atoms with Crippen LogP contribution in [-0.4, -0.2) is 22.8 Å². The lowest BCUT2D eigenvalue weighted by molar-refractivity contribution is 0.579. The van der Waals surface area contributed by atoms with Crippen molar-refractivity contribution in [3.63, 3.8) is 0 Å². The smallest absolute Gasteiger partial charge is 0.199 e. The average molecular weight is 373 g/mol. The fourth-order valence-electron chi connectivity index (χ4n) is 1.76. The van der Waals surface area contributed by atoms with Crippen molar-refractivity contribution >= 4 is 48.6 Å². The molecular formula is C12H7BrClN3O2S. The molecule has 1 heterocycles. The Kier molecular flexibility index (Phi) is 3.27. The van der Waals surface area contributed by atoms with Crippen LogP contribution in [-0.2, 0) is 10.0 Å². The van der Waals surface area contributed by atoms with Gasteiger partial charge in [0.15, 0.2) is 0 Å². The highest BCUT2D eigenvalue weighted by molar-refractivity contribution is 9.10. The zero-order valence-corrected chi connectivity index (χ0v) is 13.0. The molecule has 0 amide bonds. The third kappa shape index (κ3) is 2.21. The molecule has 0 unspecified atom stereocenters. The molecule has 0 atom stereocenters. The van der Waals surface area contributed by atoms with E-state index in [1.807, 2.05) is 0 Å². The van der Waals surface area contributed by atoms with Crippen molar-refractivity contribution in [2.45, 2.75) is 4.90 Å². The highest BCUT2D eigenvalue weighted by atomic mass is 79.9. The highest BCUT2D eigenvalue weighted by Crippen LogP contribution is 2.22. The standard InChI is InChI=1S/C12H7BrClN3O2S/c13-8-1-4-10(5-2-8)20(18,19)17-12-6-3-9(14)7-11(12)15-16-17/h1-7H. The molecule has 0 radical (unpaired) electrons. The fraction of sp³-hybridized carbons (Fsp3) is 0. The molecule has 20 heavy (non-hydrogen) atoms. The van der Waals surface area contributed by atoms with Crippen LogP contribution in [0.2, 0.25) is 5.02 Å². The summed E-state index contributed by atoms with van der Waals surface area (Å²) in [5.74, 6) is 0.